The molecule has 152 valence electrons. The molecule has 0 bridgehead atoms. The van der Waals surface area contributed by atoms with E-state index in [1.54, 1.807) is 19.1 Å². The van der Waals surface area contributed by atoms with E-state index in [2.05, 4.69) is 9.71 Å². The van der Waals surface area contributed by atoms with Crippen LogP contribution in [0.25, 0.3) is 0 Å². The van der Waals surface area contributed by atoms with Crippen LogP contribution in [0.1, 0.15) is 32.6 Å². The first-order chi connectivity index (χ1) is 13.4. The second-order valence-electron chi connectivity index (χ2n) is 6.55. The highest BCUT2D eigenvalue weighted by Gasteiger charge is 2.27. The van der Waals surface area contributed by atoms with Gasteiger partial charge in [-0.25, -0.2) is 22.5 Å². The van der Waals surface area contributed by atoms with Crippen molar-refractivity contribution in [1.82, 2.24) is 9.71 Å². The van der Waals surface area contributed by atoms with Gasteiger partial charge in [0, 0.05) is 18.3 Å². The van der Waals surface area contributed by atoms with Gasteiger partial charge >= 0.3 is 0 Å². The zero-order chi connectivity index (χ0) is 20.1. The number of sulfonamides is 1. The molecule has 1 N–H and O–H groups in total. The fourth-order valence-corrected chi connectivity index (χ4v) is 4.54. The Kier molecular flexibility index (Phi) is 6.74. The number of hydrogen-bond acceptors (Lipinski definition) is 5. The lowest BCUT2D eigenvalue weighted by Crippen LogP contribution is -2.39. The van der Waals surface area contributed by atoms with E-state index in [0.29, 0.717) is 43.2 Å². The summed E-state index contributed by atoms with van der Waals surface area (Å²) in [5.74, 6) is -0.162. The first-order valence-electron chi connectivity index (χ1n) is 9.10. The maximum absolute atomic E-state index is 14.0. The number of nitrogens with one attached hydrogen (secondary N) is 1. The number of ether oxygens (including phenoxy) is 2. The van der Waals surface area contributed by atoms with E-state index < -0.39 is 15.8 Å². The van der Waals surface area contributed by atoms with Gasteiger partial charge in [0.2, 0.25) is 15.9 Å². The summed E-state index contributed by atoms with van der Waals surface area (Å²) in [6.07, 6.45) is 4.11. The molecule has 0 atom stereocenters. The summed E-state index contributed by atoms with van der Waals surface area (Å²) in [4.78, 5) is 3.99. The highest BCUT2D eigenvalue weighted by molar-refractivity contribution is 7.89. The Morgan fingerprint density at radius 2 is 1.96 bits per heavy atom. The van der Waals surface area contributed by atoms with Crippen LogP contribution in [0.2, 0.25) is 5.02 Å². The third kappa shape index (κ3) is 5.33. The molecule has 0 unspecified atom stereocenters. The highest BCUT2D eigenvalue weighted by atomic mass is 35.5. The van der Waals surface area contributed by atoms with Crippen molar-refractivity contribution in [2.24, 2.45) is 0 Å². The van der Waals surface area contributed by atoms with Gasteiger partial charge < -0.3 is 9.47 Å². The molecule has 1 fully saturated rings. The molecule has 28 heavy (non-hydrogen) atoms. The zero-order valence-electron chi connectivity index (χ0n) is 15.4. The molecule has 0 spiro atoms. The lowest BCUT2D eigenvalue weighted by Gasteiger charge is -2.29. The number of rotatable bonds is 7. The van der Waals surface area contributed by atoms with Crippen molar-refractivity contribution in [3.8, 4) is 11.6 Å². The molecule has 1 aliphatic carbocycles. The van der Waals surface area contributed by atoms with Crippen LogP contribution in [-0.2, 0) is 10.0 Å². The minimum atomic E-state index is -3.81. The molecule has 6 nitrogen and oxygen atoms in total. The molecule has 0 radical (unpaired) electrons. The minimum absolute atomic E-state index is 0.0302. The van der Waals surface area contributed by atoms with E-state index >= 15 is 0 Å². The predicted octanol–water partition coefficient (Wildman–Crippen LogP) is 3.94. The van der Waals surface area contributed by atoms with E-state index in [0.717, 1.165) is 6.07 Å². The summed E-state index contributed by atoms with van der Waals surface area (Å²) in [7, 11) is -3.81. The van der Waals surface area contributed by atoms with Crippen LogP contribution >= 0.6 is 11.6 Å². The van der Waals surface area contributed by atoms with Gasteiger partial charge in [-0.2, -0.15) is 0 Å². The molecule has 9 heteroatoms. The van der Waals surface area contributed by atoms with Crippen molar-refractivity contribution in [3.63, 3.8) is 0 Å². The van der Waals surface area contributed by atoms with Crippen molar-refractivity contribution in [2.45, 2.75) is 49.6 Å². The molecule has 1 aliphatic rings. The number of pyridine rings is 1. The topological polar surface area (TPSA) is 77.5 Å². The summed E-state index contributed by atoms with van der Waals surface area (Å²) in [6.45, 7) is 2.03. The maximum atomic E-state index is 14.0. The molecular formula is C19H22ClFN2O4S. The Labute approximate surface area is 169 Å². The van der Waals surface area contributed by atoms with Crippen LogP contribution in [0.3, 0.4) is 0 Å². The normalized spacial score (nSPS) is 20.0. The average molecular weight is 429 g/mol. The van der Waals surface area contributed by atoms with E-state index in [9.17, 15) is 12.8 Å². The summed E-state index contributed by atoms with van der Waals surface area (Å²) in [5.41, 5.74) is 0. The third-order valence-corrected chi connectivity index (χ3v) is 6.24. The van der Waals surface area contributed by atoms with E-state index in [1.165, 1.54) is 18.3 Å². The first kappa shape index (κ1) is 20.8. The number of aromatic nitrogens is 1. The molecule has 2 aromatic rings. The lowest BCUT2D eigenvalue weighted by molar-refractivity contribution is 0.138. The standard InChI is InChI=1S/C19H22ClFN2O4S/c1-2-26-18-9-8-16(11-17(18)21)28(24,25)23-14-4-6-15(7-5-14)27-19-10-3-13(20)12-22-19/h3,8-12,14-15,23H,2,4-7H2,1H3. The van der Waals surface area contributed by atoms with Crippen molar-refractivity contribution in [3.05, 3.63) is 47.4 Å². The SMILES string of the molecule is CCOc1ccc(S(=O)(=O)NC2CCC(Oc3ccc(Cl)cn3)CC2)cc1F. The van der Waals surface area contributed by atoms with Crippen LogP contribution < -0.4 is 14.2 Å². The predicted molar refractivity (Wildman–Crippen MR) is 104 cm³/mol. The zero-order valence-corrected chi connectivity index (χ0v) is 17.0. The Bertz CT molecular complexity index is 901. The van der Waals surface area contributed by atoms with Crippen molar-refractivity contribution in [1.29, 1.82) is 0 Å². The monoisotopic (exact) mass is 428 g/mol. The number of hydrogen-bond donors (Lipinski definition) is 1. The van der Waals surface area contributed by atoms with Gasteiger partial charge in [0.25, 0.3) is 0 Å². The molecule has 1 aromatic heterocycles. The van der Waals surface area contributed by atoms with Gasteiger partial charge in [-0.3, -0.25) is 0 Å². The van der Waals surface area contributed by atoms with Crippen LogP contribution in [-0.4, -0.2) is 32.2 Å². The quantitative estimate of drug-likeness (QED) is 0.722. The molecule has 1 heterocycles. The second-order valence-corrected chi connectivity index (χ2v) is 8.70. The van der Waals surface area contributed by atoms with Gasteiger partial charge in [0.1, 0.15) is 6.10 Å². The summed E-state index contributed by atoms with van der Waals surface area (Å²) in [6, 6.07) is 6.85. The van der Waals surface area contributed by atoms with Crippen molar-refractivity contribution >= 4 is 21.6 Å². The summed E-state index contributed by atoms with van der Waals surface area (Å²) in [5, 5.41) is 0.538. The number of nitrogens with zero attached hydrogens (tertiary/aromatic N) is 1. The van der Waals surface area contributed by atoms with Crippen molar-refractivity contribution < 1.29 is 22.3 Å². The molecular weight excluding hydrogens is 407 g/mol. The molecule has 0 saturated heterocycles. The van der Waals surface area contributed by atoms with Crippen LogP contribution in [0.5, 0.6) is 11.6 Å². The highest BCUT2D eigenvalue weighted by Crippen LogP contribution is 2.26. The smallest absolute Gasteiger partial charge is 0.240 e. The van der Waals surface area contributed by atoms with Gasteiger partial charge in [0.05, 0.1) is 16.5 Å². The largest absolute Gasteiger partial charge is 0.491 e. The second kappa shape index (κ2) is 9.07. The van der Waals surface area contributed by atoms with Crippen LogP contribution in [0, 0.1) is 5.82 Å². The van der Waals surface area contributed by atoms with Crippen LogP contribution in [0.4, 0.5) is 4.39 Å². The van der Waals surface area contributed by atoms with Gasteiger partial charge in [0.15, 0.2) is 11.6 Å². The Hall–Kier alpha value is -1.90. The lowest BCUT2D eigenvalue weighted by atomic mass is 9.94. The average Bonchev–Trinajstić information content (AvgIpc) is 2.67. The molecule has 0 amide bonds. The Morgan fingerprint density at radius 1 is 1.21 bits per heavy atom. The van der Waals surface area contributed by atoms with Gasteiger partial charge in [-0.15, -0.1) is 0 Å². The van der Waals surface area contributed by atoms with Gasteiger partial charge in [-0.1, -0.05) is 11.6 Å². The summed E-state index contributed by atoms with van der Waals surface area (Å²) >= 11 is 5.81. The molecule has 1 aromatic carbocycles. The fourth-order valence-electron chi connectivity index (χ4n) is 3.11. The molecule has 3 rings (SSSR count). The summed E-state index contributed by atoms with van der Waals surface area (Å²) < 4.78 is 52.7. The molecule has 0 aliphatic heterocycles. The van der Waals surface area contributed by atoms with Crippen LogP contribution in [0.15, 0.2) is 41.4 Å². The van der Waals surface area contributed by atoms with Gasteiger partial charge in [-0.05, 0) is 56.9 Å². The Balaban J connectivity index is 1.56. The first-order valence-corrected chi connectivity index (χ1v) is 11.0. The fraction of sp³-hybridized carbons (Fsp3) is 0.421. The number of halogens is 2. The third-order valence-electron chi connectivity index (χ3n) is 4.50. The van der Waals surface area contributed by atoms with Crippen molar-refractivity contribution in [2.75, 3.05) is 6.61 Å². The molecule has 1 saturated carbocycles. The Morgan fingerprint density at radius 3 is 2.57 bits per heavy atom. The van der Waals surface area contributed by atoms with E-state index in [1.807, 2.05) is 0 Å². The van der Waals surface area contributed by atoms with E-state index in [-0.39, 0.29) is 22.8 Å². The maximum Gasteiger partial charge on any atom is 0.240 e. The minimum Gasteiger partial charge on any atom is -0.491 e. The van der Waals surface area contributed by atoms with E-state index in [4.69, 9.17) is 21.1 Å². The number of benzene rings is 1.